The molecule has 0 bridgehead atoms. The summed E-state index contributed by atoms with van der Waals surface area (Å²) in [6, 6.07) is 33.2. The molecule has 0 aliphatic heterocycles. The molecule has 0 aliphatic rings. The van der Waals surface area contributed by atoms with Crippen molar-refractivity contribution in [2.75, 3.05) is 0 Å². The van der Waals surface area contributed by atoms with Crippen LogP contribution >= 0.6 is 21.0 Å². The molecule has 8 nitrogen and oxygen atoms in total. The molecule has 0 heterocycles. The number of aromatic carboxylic acids is 1. The van der Waals surface area contributed by atoms with Gasteiger partial charge in [0.15, 0.2) is 0 Å². The largest absolute Gasteiger partial charge is 0.478 e. The first kappa shape index (κ1) is 34.3. The molecular formula is C27H29BClN2O6P. The summed E-state index contributed by atoms with van der Waals surface area (Å²) in [5, 5.41) is 17.7. The van der Waals surface area contributed by atoms with Gasteiger partial charge in [0.2, 0.25) is 0 Å². The molecule has 198 valence electrons. The van der Waals surface area contributed by atoms with Crippen molar-refractivity contribution in [1.82, 2.24) is 5.48 Å². The summed E-state index contributed by atoms with van der Waals surface area (Å²) < 4.78 is 12.0. The Kier molecular flexibility index (Phi) is 18.4. The topological polar surface area (TPSA) is 139 Å². The van der Waals surface area contributed by atoms with Gasteiger partial charge in [-0.05, 0) is 34.4 Å². The molecule has 0 aromatic heterocycles. The molecule has 1 unspecified atom stereocenters. The van der Waals surface area contributed by atoms with Crippen molar-refractivity contribution in [2.45, 2.75) is 7.43 Å². The van der Waals surface area contributed by atoms with Crippen LogP contribution in [-0.4, -0.2) is 29.1 Å². The van der Waals surface area contributed by atoms with Crippen LogP contribution in [0.2, 0.25) is 0 Å². The number of hydroxylamine groups is 1. The fourth-order valence-electron chi connectivity index (χ4n) is 3.15. The molecule has 4 aromatic carbocycles. The van der Waals surface area contributed by atoms with E-state index in [1.165, 1.54) is 0 Å². The predicted molar refractivity (Wildman–Crippen MR) is 154 cm³/mol. The molecule has 0 fully saturated rings. The van der Waals surface area contributed by atoms with Crippen LogP contribution in [0.3, 0.4) is 0 Å². The molecule has 38 heavy (non-hydrogen) atoms. The number of amides is 1. The number of nitrogens with two attached hydrogens (primary N) is 1. The number of rotatable bonds is 4. The van der Waals surface area contributed by atoms with E-state index in [0.717, 1.165) is 22.3 Å². The van der Waals surface area contributed by atoms with Gasteiger partial charge in [-0.1, -0.05) is 104 Å². The van der Waals surface area contributed by atoms with E-state index in [0.29, 0.717) is 18.0 Å². The third kappa shape index (κ3) is 11.6. The zero-order valence-corrected chi connectivity index (χ0v) is 21.4. The Morgan fingerprint density at radius 3 is 1.45 bits per heavy atom. The quantitative estimate of drug-likeness (QED) is 0.105. The summed E-state index contributed by atoms with van der Waals surface area (Å²) >= 11 is 4.28. The van der Waals surface area contributed by atoms with E-state index in [-0.39, 0.29) is 7.43 Å². The van der Waals surface area contributed by atoms with Crippen molar-refractivity contribution in [3.05, 3.63) is 120 Å². The molecule has 0 radical (unpaired) electrons. The summed E-state index contributed by atoms with van der Waals surface area (Å²) in [7, 11) is 1.90. The molecule has 0 aliphatic carbocycles. The first-order valence-corrected chi connectivity index (χ1v) is 11.5. The fraction of sp³-hybridized carbons (Fsp3) is 0.0370. The molecule has 0 saturated heterocycles. The maximum atomic E-state index is 11.4. The number of carboxylic acid groups (broad SMARTS) is 1. The number of nitrogens with one attached hydrogen (secondary N) is 1. The Hall–Kier alpha value is -3.72. The first-order chi connectivity index (χ1) is 17.9. The minimum Gasteiger partial charge on any atom is -0.478 e. The van der Waals surface area contributed by atoms with Crippen LogP contribution in [0, 0.1) is 0 Å². The van der Waals surface area contributed by atoms with Crippen LogP contribution in [0.4, 0.5) is 0 Å². The van der Waals surface area contributed by atoms with E-state index in [2.05, 4.69) is 22.2 Å². The average Bonchev–Trinajstić information content (AvgIpc) is 2.95. The number of carbonyl (C=O) groups is 2. The smallest absolute Gasteiger partial charge is 0.336 e. The molecule has 4 aromatic rings. The van der Waals surface area contributed by atoms with E-state index >= 15 is 0 Å². The van der Waals surface area contributed by atoms with Gasteiger partial charge in [0, 0.05) is 5.56 Å². The molecule has 5 N–H and O–H groups in total. The monoisotopic (exact) mass is 554 g/mol. The Morgan fingerprint density at radius 1 is 0.763 bits per heavy atom. The maximum absolute atomic E-state index is 11.4. The molecule has 1 amide bonds. The van der Waals surface area contributed by atoms with Crippen LogP contribution in [-0.2, 0) is 9.09 Å². The first-order valence-electron chi connectivity index (χ1n) is 10.5. The third-order valence-electron chi connectivity index (χ3n) is 4.60. The predicted octanol–water partition coefficient (Wildman–Crippen LogP) is 6.02. The van der Waals surface area contributed by atoms with Crippen molar-refractivity contribution in [2.24, 2.45) is 5.90 Å². The van der Waals surface area contributed by atoms with Crippen molar-refractivity contribution in [3.8, 4) is 22.3 Å². The fourth-order valence-corrected chi connectivity index (χ4v) is 3.15. The van der Waals surface area contributed by atoms with Crippen molar-refractivity contribution < 1.29 is 29.0 Å². The standard InChI is InChI=1S/C13H11NO2.C13H10O2.CH4.BH2OP.ClH2NO/c15-13(14-16)12-9-5-4-8-11(12)10-6-2-1-3-7-10;14-13(15)12-9-5-4-8-11(12)10-6-2-1-3-7-10;;2-1-3;1-3-2/h1-9,16H,(H,14,15);1-9H,(H,14,15);1H4;3H2;2H2. The van der Waals surface area contributed by atoms with Crippen molar-refractivity contribution in [1.29, 1.82) is 0 Å². The summed E-state index contributed by atoms with van der Waals surface area (Å²) in [6.45, 7) is 0.667. The Balaban J connectivity index is 0.000000586. The Labute approximate surface area is 229 Å². The minimum atomic E-state index is -0.894. The van der Waals surface area contributed by atoms with Gasteiger partial charge in [0.25, 0.3) is 5.91 Å². The van der Waals surface area contributed by atoms with E-state index < -0.39 is 11.9 Å². The van der Waals surface area contributed by atoms with Crippen molar-refractivity contribution >= 4 is 39.7 Å². The number of halogens is 1. The van der Waals surface area contributed by atoms with Crippen LogP contribution < -0.4 is 11.4 Å². The second-order valence-electron chi connectivity index (χ2n) is 6.79. The molecule has 11 heteroatoms. The van der Waals surface area contributed by atoms with Gasteiger partial charge < -0.3 is 5.11 Å². The van der Waals surface area contributed by atoms with Crippen LogP contribution in [0.25, 0.3) is 22.3 Å². The van der Waals surface area contributed by atoms with Gasteiger partial charge in [-0.15, -0.1) is 0 Å². The minimum absolute atomic E-state index is 0. The van der Waals surface area contributed by atoms with E-state index in [1.54, 1.807) is 29.7 Å². The zero-order chi connectivity index (χ0) is 27.5. The average molecular weight is 555 g/mol. The van der Waals surface area contributed by atoms with Crippen LogP contribution in [0.5, 0.6) is 0 Å². The van der Waals surface area contributed by atoms with Crippen molar-refractivity contribution in [3.63, 3.8) is 0 Å². The van der Waals surface area contributed by atoms with Gasteiger partial charge in [-0.2, -0.15) is 10.3 Å². The maximum Gasteiger partial charge on any atom is 0.336 e. The normalized spacial score (nSPS) is 8.74. The van der Waals surface area contributed by atoms with Gasteiger partial charge in [-0.3, -0.25) is 10.0 Å². The van der Waals surface area contributed by atoms with E-state index in [4.69, 9.17) is 15.0 Å². The number of hydrogen-bond acceptors (Lipinski definition) is 6. The Bertz CT molecular complexity index is 1250. The number of benzene rings is 4. The van der Waals surface area contributed by atoms with Gasteiger partial charge >= 0.3 is 26.7 Å². The Morgan fingerprint density at radius 2 is 1.08 bits per heavy atom. The number of carbonyl (C=O) groups excluding carboxylic acids is 1. The zero-order valence-electron chi connectivity index (χ0n) is 19.5. The third-order valence-corrected chi connectivity index (χ3v) is 4.60. The van der Waals surface area contributed by atoms with Gasteiger partial charge in [0.05, 0.1) is 17.4 Å². The van der Waals surface area contributed by atoms with Gasteiger partial charge in [-0.25, -0.2) is 10.3 Å². The second kappa shape index (κ2) is 20.4. The summed E-state index contributed by atoms with van der Waals surface area (Å²) in [5.41, 5.74) is 5.87. The van der Waals surface area contributed by atoms with Crippen LogP contribution in [0.15, 0.2) is 109 Å². The summed E-state index contributed by atoms with van der Waals surface area (Å²) in [5.74, 6) is 2.72. The summed E-state index contributed by atoms with van der Waals surface area (Å²) in [6.07, 6.45) is 0. The van der Waals surface area contributed by atoms with E-state index in [1.807, 2.05) is 94.0 Å². The molecular weight excluding hydrogens is 526 g/mol. The molecule has 0 spiro atoms. The molecule has 1 atom stereocenters. The SMILES string of the molecule is C.NOCl.O=BP.O=C(NO)c1ccccc1-c1ccccc1.O=C(O)c1ccccc1-c1ccccc1. The second-order valence-corrected chi connectivity index (χ2v) is 7.24. The molecule has 4 rings (SSSR count). The van der Waals surface area contributed by atoms with Gasteiger partial charge in [0.1, 0.15) is 0 Å². The number of hydrogen-bond donors (Lipinski definition) is 4. The number of carboxylic acids is 1. The summed E-state index contributed by atoms with van der Waals surface area (Å²) in [4.78, 5) is 22.4. The van der Waals surface area contributed by atoms with E-state index in [9.17, 15) is 9.59 Å². The van der Waals surface area contributed by atoms with Crippen LogP contribution in [0.1, 0.15) is 28.1 Å². The molecule has 0 saturated carbocycles.